The predicted molar refractivity (Wildman–Crippen MR) is 101 cm³/mol. The van der Waals surface area contributed by atoms with Crippen molar-refractivity contribution < 1.29 is 13.2 Å². The van der Waals surface area contributed by atoms with Crippen molar-refractivity contribution >= 4 is 50.5 Å². The molecule has 134 valence electrons. The summed E-state index contributed by atoms with van der Waals surface area (Å²) in [6, 6.07) is 11.0. The number of halogens is 3. The highest BCUT2D eigenvalue weighted by Gasteiger charge is 2.18. The molecule has 0 atom stereocenters. The fourth-order valence-corrected chi connectivity index (χ4v) is 3.85. The van der Waals surface area contributed by atoms with Crippen LogP contribution in [0.1, 0.15) is 12.0 Å². The molecule has 0 aliphatic heterocycles. The molecule has 0 bridgehead atoms. The van der Waals surface area contributed by atoms with Gasteiger partial charge >= 0.3 is 0 Å². The Kier molecular flexibility index (Phi) is 6.74. The van der Waals surface area contributed by atoms with Gasteiger partial charge in [-0.05, 0) is 42.0 Å². The topological polar surface area (TPSA) is 54.5 Å². The lowest BCUT2D eigenvalue weighted by atomic mass is 10.2. The Hall–Kier alpha value is -1.27. The summed E-state index contributed by atoms with van der Waals surface area (Å²) in [5, 5.41) is 1.30. The van der Waals surface area contributed by atoms with E-state index in [2.05, 4.69) is 0 Å². The summed E-state index contributed by atoms with van der Waals surface area (Å²) >= 11 is 17.6. The van der Waals surface area contributed by atoms with Crippen LogP contribution in [0, 0.1) is 0 Å². The number of hydrogen-bond acceptors (Lipinski definition) is 3. The number of carbonyl (C=O) groups excluding carboxylic acids is 1. The second kappa shape index (κ2) is 8.41. The Morgan fingerprint density at radius 2 is 1.64 bits per heavy atom. The third-order valence-corrected chi connectivity index (χ3v) is 6.31. The molecular weight excluding hydrogens is 405 g/mol. The number of rotatable bonds is 6. The van der Waals surface area contributed by atoms with Crippen LogP contribution in [0.4, 0.5) is 0 Å². The Morgan fingerprint density at radius 1 is 1.00 bits per heavy atom. The molecular formula is C17H16Cl3NO3S. The summed E-state index contributed by atoms with van der Waals surface area (Å²) in [6.45, 7) is 0.316. The van der Waals surface area contributed by atoms with Gasteiger partial charge in [0.1, 0.15) is 0 Å². The number of nitrogens with zero attached hydrogens (tertiary/aromatic N) is 1. The molecule has 0 fully saturated rings. The highest BCUT2D eigenvalue weighted by atomic mass is 35.5. The van der Waals surface area contributed by atoms with E-state index in [1.54, 1.807) is 25.2 Å². The van der Waals surface area contributed by atoms with Gasteiger partial charge in [0.05, 0.1) is 20.7 Å². The number of carbonyl (C=O) groups is 1. The van der Waals surface area contributed by atoms with Crippen molar-refractivity contribution in [3.05, 3.63) is 63.1 Å². The molecule has 0 heterocycles. The zero-order valence-electron chi connectivity index (χ0n) is 13.4. The molecule has 1 amide bonds. The minimum Gasteiger partial charge on any atom is -0.341 e. The summed E-state index contributed by atoms with van der Waals surface area (Å²) in [5.41, 5.74) is 0.811. The molecule has 0 saturated carbocycles. The van der Waals surface area contributed by atoms with Gasteiger partial charge in [0.2, 0.25) is 5.91 Å². The van der Waals surface area contributed by atoms with Gasteiger partial charge in [-0.15, -0.1) is 0 Å². The standard InChI is InChI=1S/C17H16Cl3NO3S/c1-21(11-12-2-7-15(19)16(20)10-12)17(22)8-9-25(23,24)14-5-3-13(18)4-6-14/h2-7,10H,8-9,11H2,1H3. The highest BCUT2D eigenvalue weighted by molar-refractivity contribution is 7.91. The largest absolute Gasteiger partial charge is 0.341 e. The van der Waals surface area contributed by atoms with E-state index in [0.29, 0.717) is 21.6 Å². The van der Waals surface area contributed by atoms with Crippen molar-refractivity contribution in [3.8, 4) is 0 Å². The van der Waals surface area contributed by atoms with Crippen LogP contribution >= 0.6 is 34.8 Å². The van der Waals surface area contributed by atoms with Crippen molar-refractivity contribution in [1.82, 2.24) is 4.90 Å². The van der Waals surface area contributed by atoms with Gasteiger partial charge in [0, 0.05) is 25.0 Å². The van der Waals surface area contributed by atoms with E-state index >= 15 is 0 Å². The van der Waals surface area contributed by atoms with Gasteiger partial charge in [-0.1, -0.05) is 40.9 Å². The fraction of sp³-hybridized carbons (Fsp3) is 0.235. The molecule has 25 heavy (non-hydrogen) atoms. The zero-order chi connectivity index (χ0) is 18.6. The van der Waals surface area contributed by atoms with E-state index in [1.165, 1.54) is 29.2 Å². The average molecular weight is 421 g/mol. The van der Waals surface area contributed by atoms with Gasteiger partial charge < -0.3 is 4.90 Å². The van der Waals surface area contributed by atoms with Gasteiger partial charge in [0.15, 0.2) is 9.84 Å². The van der Waals surface area contributed by atoms with E-state index in [0.717, 1.165) is 5.56 Å². The lowest BCUT2D eigenvalue weighted by molar-refractivity contribution is -0.130. The van der Waals surface area contributed by atoms with Crippen LogP contribution in [0.3, 0.4) is 0 Å². The van der Waals surface area contributed by atoms with Gasteiger partial charge in [-0.3, -0.25) is 4.79 Å². The molecule has 0 aliphatic carbocycles. The van der Waals surface area contributed by atoms with E-state index in [1.807, 2.05) is 0 Å². The van der Waals surface area contributed by atoms with Crippen LogP contribution in [-0.4, -0.2) is 32.0 Å². The van der Waals surface area contributed by atoms with Crippen molar-refractivity contribution in [2.75, 3.05) is 12.8 Å². The summed E-state index contributed by atoms with van der Waals surface area (Å²) in [7, 11) is -1.92. The Labute approximate surface area is 162 Å². The molecule has 0 saturated heterocycles. The van der Waals surface area contributed by atoms with Crippen LogP contribution in [0.25, 0.3) is 0 Å². The second-order valence-corrected chi connectivity index (χ2v) is 8.88. The van der Waals surface area contributed by atoms with E-state index in [4.69, 9.17) is 34.8 Å². The molecule has 0 radical (unpaired) electrons. The molecule has 2 aromatic rings. The SMILES string of the molecule is CN(Cc1ccc(Cl)c(Cl)c1)C(=O)CCS(=O)(=O)c1ccc(Cl)cc1. The summed E-state index contributed by atoms with van der Waals surface area (Å²) < 4.78 is 24.5. The second-order valence-electron chi connectivity index (χ2n) is 5.52. The Bertz CT molecular complexity index is 867. The molecule has 0 spiro atoms. The Balaban J connectivity index is 1.96. The molecule has 8 heteroatoms. The lowest BCUT2D eigenvalue weighted by Gasteiger charge is -2.17. The molecule has 2 rings (SSSR count). The van der Waals surface area contributed by atoms with Crippen molar-refractivity contribution in [2.24, 2.45) is 0 Å². The first-order valence-corrected chi connectivity index (χ1v) is 10.1. The van der Waals surface area contributed by atoms with Crippen LogP contribution in [0.15, 0.2) is 47.4 Å². The molecule has 0 aliphatic rings. The summed E-state index contributed by atoms with van der Waals surface area (Å²) in [4.78, 5) is 13.8. The van der Waals surface area contributed by atoms with E-state index < -0.39 is 9.84 Å². The number of benzene rings is 2. The van der Waals surface area contributed by atoms with Crippen LogP contribution in [0.5, 0.6) is 0 Å². The van der Waals surface area contributed by atoms with Crippen LogP contribution in [0.2, 0.25) is 15.1 Å². The summed E-state index contributed by atoms with van der Waals surface area (Å²) in [6.07, 6.45) is -0.108. The predicted octanol–water partition coefficient (Wildman–Crippen LogP) is 4.47. The van der Waals surface area contributed by atoms with Crippen molar-refractivity contribution in [2.45, 2.75) is 17.9 Å². The third-order valence-electron chi connectivity index (χ3n) is 3.59. The monoisotopic (exact) mass is 419 g/mol. The van der Waals surface area contributed by atoms with Crippen molar-refractivity contribution in [1.29, 1.82) is 0 Å². The number of amides is 1. The molecule has 0 unspecified atom stereocenters. The van der Waals surface area contributed by atoms with Gasteiger partial charge in [0.25, 0.3) is 0 Å². The van der Waals surface area contributed by atoms with Crippen LogP contribution < -0.4 is 0 Å². The van der Waals surface area contributed by atoms with Gasteiger partial charge in [-0.25, -0.2) is 8.42 Å². The summed E-state index contributed by atoms with van der Waals surface area (Å²) in [5.74, 6) is -0.539. The molecule has 2 aromatic carbocycles. The average Bonchev–Trinajstić information content (AvgIpc) is 2.56. The number of hydrogen-bond donors (Lipinski definition) is 0. The zero-order valence-corrected chi connectivity index (χ0v) is 16.5. The smallest absolute Gasteiger partial charge is 0.223 e. The molecule has 4 nitrogen and oxygen atoms in total. The minimum atomic E-state index is -3.54. The first kappa shape index (κ1) is 20.0. The first-order valence-electron chi connectivity index (χ1n) is 7.35. The maximum atomic E-state index is 12.3. The molecule has 0 aromatic heterocycles. The maximum absolute atomic E-state index is 12.3. The number of sulfone groups is 1. The Morgan fingerprint density at radius 3 is 2.24 bits per heavy atom. The van der Waals surface area contributed by atoms with Crippen molar-refractivity contribution in [3.63, 3.8) is 0 Å². The lowest BCUT2D eigenvalue weighted by Crippen LogP contribution is -2.28. The maximum Gasteiger partial charge on any atom is 0.223 e. The van der Waals surface area contributed by atoms with Gasteiger partial charge in [-0.2, -0.15) is 0 Å². The fourth-order valence-electron chi connectivity index (χ4n) is 2.17. The molecule has 0 N–H and O–H groups in total. The normalized spacial score (nSPS) is 11.4. The van der Waals surface area contributed by atoms with E-state index in [-0.39, 0.29) is 23.0 Å². The first-order chi connectivity index (χ1) is 11.7. The quantitative estimate of drug-likeness (QED) is 0.693. The van der Waals surface area contributed by atoms with E-state index in [9.17, 15) is 13.2 Å². The minimum absolute atomic E-state index is 0.108. The highest BCUT2D eigenvalue weighted by Crippen LogP contribution is 2.23. The third kappa shape index (κ3) is 5.61. The van der Waals surface area contributed by atoms with Crippen LogP contribution in [-0.2, 0) is 21.2 Å².